The van der Waals surface area contributed by atoms with E-state index in [0.29, 0.717) is 19.3 Å². The van der Waals surface area contributed by atoms with E-state index in [4.69, 9.17) is 32.3 Å². The lowest BCUT2D eigenvalue weighted by Gasteiger charge is -2.21. The molecule has 0 rings (SSSR count). The highest BCUT2D eigenvalue weighted by molar-refractivity contribution is 7.47. The van der Waals surface area contributed by atoms with Gasteiger partial charge in [-0.1, -0.05) is 309 Å². The molecule has 0 radical (unpaired) electrons. The van der Waals surface area contributed by atoms with Crippen molar-refractivity contribution in [3.8, 4) is 0 Å². The topological polar surface area (TPSA) is 231 Å². The average molecular weight is 1490 g/mol. The summed E-state index contributed by atoms with van der Waals surface area (Å²) in [6.45, 7) is 2.54. The monoisotopic (exact) mass is 1490 g/mol. The largest absolute Gasteiger partial charge is 0.472 e. The van der Waals surface area contributed by atoms with Gasteiger partial charge in [0.15, 0.2) is 6.10 Å². The van der Waals surface area contributed by atoms with Crippen LogP contribution in [0.1, 0.15) is 342 Å². The normalized spacial score (nSPS) is 14.6. The van der Waals surface area contributed by atoms with Gasteiger partial charge in [-0.25, -0.2) is 9.13 Å². The van der Waals surface area contributed by atoms with Crippen molar-refractivity contribution >= 4 is 33.6 Å². The Bertz CT molecular complexity index is 2360. The zero-order chi connectivity index (χ0) is 75.2. The van der Waals surface area contributed by atoms with Gasteiger partial charge >= 0.3 is 33.6 Å². The first kappa shape index (κ1) is 98.9. The number of esters is 3. The Labute approximate surface area is 627 Å². The van der Waals surface area contributed by atoms with E-state index < -0.39 is 91.5 Å². The number of carbonyl (C=O) groups excluding carboxylic acids is 3. The molecular weight excluding hydrogens is 1340 g/mol. The third kappa shape index (κ3) is 78.8. The minimum atomic E-state index is -4.93. The van der Waals surface area contributed by atoms with Crippen molar-refractivity contribution in [2.75, 3.05) is 39.6 Å². The maximum Gasteiger partial charge on any atom is 0.472 e. The molecule has 0 aromatic rings. The summed E-state index contributed by atoms with van der Waals surface area (Å²) in [5.74, 6) is -1.59. The van der Waals surface area contributed by atoms with Gasteiger partial charge in [-0.3, -0.25) is 32.5 Å². The van der Waals surface area contributed by atoms with Gasteiger partial charge in [0.2, 0.25) is 0 Å². The van der Waals surface area contributed by atoms with Gasteiger partial charge in [-0.2, -0.15) is 0 Å². The summed E-state index contributed by atoms with van der Waals surface area (Å²) in [6.07, 6.45) is 92.5. The van der Waals surface area contributed by atoms with Crippen LogP contribution in [0, 0.1) is 0 Å². The fourth-order valence-electron chi connectivity index (χ4n) is 10.9. The second-order valence-electron chi connectivity index (χ2n) is 27.2. The van der Waals surface area contributed by atoms with Crippen molar-refractivity contribution in [2.45, 2.75) is 360 Å². The number of hydrogen-bond acceptors (Lipinski definition) is 14. The van der Waals surface area contributed by atoms with Crippen LogP contribution >= 0.6 is 15.6 Å². The van der Waals surface area contributed by atoms with Gasteiger partial charge < -0.3 is 34.2 Å². The predicted molar refractivity (Wildman–Crippen MR) is 427 cm³/mol. The van der Waals surface area contributed by atoms with Crippen molar-refractivity contribution in [1.29, 1.82) is 0 Å². The lowest BCUT2D eigenvalue weighted by atomic mass is 10.0. The van der Waals surface area contributed by atoms with Gasteiger partial charge in [-0.05, 0) is 135 Å². The third-order valence-electron chi connectivity index (χ3n) is 17.1. The Morgan fingerprint density at radius 3 is 0.845 bits per heavy atom. The van der Waals surface area contributed by atoms with E-state index in [1.807, 2.05) is 0 Å². The van der Waals surface area contributed by atoms with Gasteiger partial charge in [0.1, 0.15) is 25.4 Å². The van der Waals surface area contributed by atoms with Crippen LogP contribution in [0.3, 0.4) is 0 Å². The highest BCUT2D eigenvalue weighted by Crippen LogP contribution is 2.45. The number of phosphoric ester groups is 2. The standard InChI is InChI=1S/C85H148O16P2/c1-4-7-10-13-16-19-22-25-28-30-32-33-34-35-36-37-38-39-40-41-42-43-44-45-47-49-51-53-56-59-62-65-68-71-83(88)95-74-80(86)75-97-102(91,92)98-76-81(87)77-99-103(93,94)100-79-82(101-85(90)73-70-67-64-61-58-55-50-27-24-21-18-15-12-9-6-3)78-96-84(89)72-69-66-63-60-57-54-52-48-46-31-29-26-23-20-17-14-11-8-5-2/h7,10,16-17,19-20,25-29,32-33,35-36,38-39,46,48,50,80-82,86-87H,4-6,8-9,11-15,18,21-24,30-31,34,37,40-45,47,49,51-79H2,1-3H3,(H,91,92)(H,93,94)/b10-7-,19-16-,20-17-,28-25-,29-26-,33-32-,36-35-,39-38-,48-46-,50-27-. The fraction of sp³-hybridized carbons (Fsp3) is 0.729. The molecule has 103 heavy (non-hydrogen) atoms. The molecule has 0 aromatic heterocycles. The molecule has 4 N–H and O–H groups in total. The molecule has 0 saturated heterocycles. The van der Waals surface area contributed by atoms with E-state index in [0.717, 1.165) is 161 Å². The molecule has 0 saturated carbocycles. The summed E-state index contributed by atoms with van der Waals surface area (Å²) in [5.41, 5.74) is 0. The predicted octanol–water partition coefficient (Wildman–Crippen LogP) is 24.1. The Morgan fingerprint density at radius 1 is 0.282 bits per heavy atom. The summed E-state index contributed by atoms with van der Waals surface area (Å²) in [5, 5.41) is 20.6. The molecule has 0 fully saturated rings. The number of phosphoric acid groups is 2. The Morgan fingerprint density at radius 2 is 0.515 bits per heavy atom. The van der Waals surface area contributed by atoms with Crippen LogP contribution in [-0.2, 0) is 55.8 Å². The van der Waals surface area contributed by atoms with Crippen molar-refractivity contribution in [3.63, 3.8) is 0 Å². The van der Waals surface area contributed by atoms with E-state index >= 15 is 0 Å². The molecule has 0 aliphatic rings. The molecule has 18 heteroatoms. The quantitative estimate of drug-likeness (QED) is 0.0146. The van der Waals surface area contributed by atoms with Crippen LogP contribution in [0.2, 0.25) is 0 Å². The highest BCUT2D eigenvalue weighted by atomic mass is 31.2. The SMILES string of the molecule is CC/C=C\C/C=C\C/C=C\C/C=C\C/C=C\C/C=C\CCCCCCCCCCCCCCCCC(=O)OCC(O)COP(=O)(O)OCC(O)COP(=O)(O)OCC(COC(=O)CCCCCCCC/C=C\C/C=C\C/C=C\CCCCC)OC(=O)CCCCCCC/C=C\CCCCCCCC. The van der Waals surface area contributed by atoms with E-state index in [1.54, 1.807) is 0 Å². The van der Waals surface area contributed by atoms with Crippen LogP contribution in [0.25, 0.3) is 0 Å². The second-order valence-corrected chi connectivity index (χ2v) is 30.1. The smallest absolute Gasteiger partial charge is 0.463 e. The molecule has 0 aromatic carbocycles. The Balaban J connectivity index is 4.46. The van der Waals surface area contributed by atoms with Gasteiger partial charge in [0.05, 0.1) is 26.4 Å². The number of carbonyl (C=O) groups is 3. The summed E-state index contributed by atoms with van der Waals surface area (Å²) >= 11 is 0. The highest BCUT2D eigenvalue weighted by Gasteiger charge is 2.29. The average Bonchev–Trinajstić information content (AvgIpc) is 0.916. The molecule has 0 aliphatic heterocycles. The fourth-order valence-corrected chi connectivity index (χ4v) is 12.5. The van der Waals surface area contributed by atoms with Crippen molar-refractivity contribution < 1.29 is 75.8 Å². The molecule has 0 amide bonds. The Hall–Kier alpha value is -4.05. The number of hydrogen-bond donors (Lipinski definition) is 4. The number of aliphatic hydroxyl groups excluding tert-OH is 2. The van der Waals surface area contributed by atoms with E-state index in [2.05, 4.69) is 142 Å². The summed E-state index contributed by atoms with van der Waals surface area (Å²) in [4.78, 5) is 58.7. The summed E-state index contributed by atoms with van der Waals surface area (Å²) in [7, 11) is -9.79. The zero-order valence-electron chi connectivity index (χ0n) is 65.0. The van der Waals surface area contributed by atoms with Crippen molar-refractivity contribution in [2.24, 2.45) is 0 Å². The van der Waals surface area contributed by atoms with E-state index in [9.17, 15) is 43.5 Å². The van der Waals surface area contributed by atoms with Crippen molar-refractivity contribution in [1.82, 2.24) is 0 Å². The molecule has 5 unspecified atom stereocenters. The van der Waals surface area contributed by atoms with Crippen LogP contribution in [0.15, 0.2) is 122 Å². The minimum Gasteiger partial charge on any atom is -0.463 e. The summed E-state index contributed by atoms with van der Waals surface area (Å²) < 4.78 is 61.2. The molecule has 0 aliphatic carbocycles. The molecule has 5 atom stereocenters. The lowest BCUT2D eigenvalue weighted by molar-refractivity contribution is -0.161. The summed E-state index contributed by atoms with van der Waals surface area (Å²) in [6, 6.07) is 0. The minimum absolute atomic E-state index is 0.0918. The van der Waals surface area contributed by atoms with Crippen LogP contribution in [0.5, 0.6) is 0 Å². The first-order chi connectivity index (χ1) is 50.2. The molecule has 0 bridgehead atoms. The maximum absolute atomic E-state index is 13.0. The van der Waals surface area contributed by atoms with Crippen molar-refractivity contribution in [3.05, 3.63) is 122 Å². The molecule has 594 valence electrons. The van der Waals surface area contributed by atoms with E-state index in [1.165, 1.54) is 122 Å². The molecular formula is C85H148O16P2. The first-order valence-electron chi connectivity index (χ1n) is 40.8. The number of allylic oxidation sites excluding steroid dienone is 20. The zero-order valence-corrected chi connectivity index (χ0v) is 66.7. The van der Waals surface area contributed by atoms with Gasteiger partial charge in [0.25, 0.3) is 0 Å². The first-order valence-corrected chi connectivity index (χ1v) is 43.8. The van der Waals surface area contributed by atoms with E-state index in [-0.39, 0.29) is 19.3 Å². The molecule has 16 nitrogen and oxygen atoms in total. The number of ether oxygens (including phenoxy) is 3. The number of aliphatic hydroxyl groups is 2. The second kappa shape index (κ2) is 77.6. The van der Waals surface area contributed by atoms with Crippen LogP contribution in [0.4, 0.5) is 0 Å². The van der Waals surface area contributed by atoms with Crippen LogP contribution < -0.4 is 0 Å². The third-order valence-corrected chi connectivity index (χ3v) is 19.0. The Kier molecular flexibility index (Phi) is 74.5. The number of rotatable bonds is 77. The van der Waals surface area contributed by atoms with Gasteiger partial charge in [-0.15, -0.1) is 0 Å². The molecule has 0 heterocycles. The maximum atomic E-state index is 13.0. The molecule has 0 spiro atoms. The van der Waals surface area contributed by atoms with Crippen LogP contribution in [-0.4, -0.2) is 95.9 Å². The number of unbranched alkanes of at least 4 members (excludes halogenated alkanes) is 34. The lowest BCUT2D eigenvalue weighted by Crippen LogP contribution is -2.30. The van der Waals surface area contributed by atoms with Gasteiger partial charge in [0, 0.05) is 19.3 Å².